The molecule has 0 atom stereocenters. The molecule has 0 N–H and O–H groups in total. The standard InChI is InChI=1S/C19H15NO2S2/c1-12-6-3-4-7-14(12)11-17-18(22)20(19(23)24-17)16-9-5-8-15(10-16)13(2)21/h3-11H,1-2H3. The molecule has 3 rings (SSSR count). The normalized spacial score (nSPS) is 16.1. The van der Waals surface area contributed by atoms with Gasteiger partial charge in [0.25, 0.3) is 5.91 Å². The van der Waals surface area contributed by atoms with Crippen molar-refractivity contribution in [1.82, 2.24) is 0 Å². The number of anilines is 1. The third kappa shape index (κ3) is 3.18. The molecule has 1 heterocycles. The van der Waals surface area contributed by atoms with E-state index in [9.17, 15) is 9.59 Å². The third-order valence-corrected chi connectivity index (χ3v) is 5.08. The molecule has 24 heavy (non-hydrogen) atoms. The van der Waals surface area contributed by atoms with Crippen molar-refractivity contribution in [3.8, 4) is 0 Å². The molecule has 0 spiro atoms. The number of aryl methyl sites for hydroxylation is 1. The van der Waals surface area contributed by atoms with E-state index in [1.807, 2.05) is 37.3 Å². The molecule has 0 radical (unpaired) electrons. The maximum absolute atomic E-state index is 12.8. The number of hydrogen-bond donors (Lipinski definition) is 0. The van der Waals surface area contributed by atoms with Crippen molar-refractivity contribution >= 4 is 51.8 Å². The molecule has 0 bridgehead atoms. The first-order valence-corrected chi connectivity index (χ1v) is 8.64. The number of rotatable bonds is 3. The van der Waals surface area contributed by atoms with E-state index in [1.165, 1.54) is 23.6 Å². The number of Topliss-reactive ketones (excluding diaryl/α,β-unsaturated/α-hetero) is 1. The van der Waals surface area contributed by atoms with Crippen LogP contribution in [0.5, 0.6) is 0 Å². The summed E-state index contributed by atoms with van der Waals surface area (Å²) in [4.78, 5) is 26.4. The minimum absolute atomic E-state index is 0.0438. The number of ketones is 1. The molecule has 0 unspecified atom stereocenters. The zero-order valence-corrected chi connectivity index (χ0v) is 14.9. The fourth-order valence-corrected chi connectivity index (χ4v) is 3.73. The lowest BCUT2D eigenvalue weighted by atomic mass is 10.1. The van der Waals surface area contributed by atoms with E-state index in [1.54, 1.807) is 24.3 Å². The van der Waals surface area contributed by atoms with E-state index in [2.05, 4.69) is 0 Å². The molecule has 2 aromatic rings. The Morgan fingerprint density at radius 2 is 1.92 bits per heavy atom. The highest BCUT2D eigenvalue weighted by atomic mass is 32.2. The fourth-order valence-electron chi connectivity index (χ4n) is 2.44. The van der Waals surface area contributed by atoms with E-state index >= 15 is 0 Å². The van der Waals surface area contributed by atoms with Crippen LogP contribution in [-0.4, -0.2) is 16.0 Å². The van der Waals surface area contributed by atoms with Gasteiger partial charge in [-0.3, -0.25) is 14.5 Å². The van der Waals surface area contributed by atoms with Crippen LogP contribution in [0.25, 0.3) is 6.08 Å². The summed E-state index contributed by atoms with van der Waals surface area (Å²) in [5.41, 5.74) is 3.28. The molecule has 0 saturated carbocycles. The second kappa shape index (κ2) is 6.71. The largest absolute Gasteiger partial charge is 0.295 e. The molecule has 3 nitrogen and oxygen atoms in total. The maximum Gasteiger partial charge on any atom is 0.270 e. The monoisotopic (exact) mass is 353 g/mol. The van der Waals surface area contributed by atoms with Crippen molar-refractivity contribution in [2.75, 3.05) is 4.90 Å². The van der Waals surface area contributed by atoms with E-state index < -0.39 is 0 Å². The van der Waals surface area contributed by atoms with E-state index in [0.717, 1.165) is 11.1 Å². The van der Waals surface area contributed by atoms with Gasteiger partial charge in [0.1, 0.15) is 0 Å². The Morgan fingerprint density at radius 1 is 1.17 bits per heavy atom. The van der Waals surface area contributed by atoms with Crippen LogP contribution in [-0.2, 0) is 4.79 Å². The second-order valence-electron chi connectivity index (χ2n) is 5.48. The molecule has 2 aromatic carbocycles. The highest BCUT2D eigenvalue weighted by molar-refractivity contribution is 8.27. The van der Waals surface area contributed by atoms with Gasteiger partial charge in [-0.2, -0.15) is 0 Å². The first kappa shape index (κ1) is 16.6. The van der Waals surface area contributed by atoms with E-state index in [-0.39, 0.29) is 11.7 Å². The Kier molecular flexibility index (Phi) is 4.64. The van der Waals surface area contributed by atoms with Gasteiger partial charge in [-0.25, -0.2) is 0 Å². The average Bonchev–Trinajstić information content (AvgIpc) is 2.83. The Bertz CT molecular complexity index is 886. The average molecular weight is 353 g/mol. The van der Waals surface area contributed by atoms with Gasteiger partial charge in [0.05, 0.1) is 10.6 Å². The van der Waals surface area contributed by atoms with E-state index in [0.29, 0.717) is 20.5 Å². The zero-order chi connectivity index (χ0) is 17.3. The lowest BCUT2D eigenvalue weighted by molar-refractivity contribution is -0.113. The Balaban J connectivity index is 1.97. The van der Waals surface area contributed by atoms with Gasteiger partial charge >= 0.3 is 0 Å². The van der Waals surface area contributed by atoms with Crippen LogP contribution in [0.3, 0.4) is 0 Å². The third-order valence-electron chi connectivity index (χ3n) is 3.78. The van der Waals surface area contributed by atoms with Crippen molar-refractivity contribution < 1.29 is 9.59 Å². The number of thiocarbonyl (C=S) groups is 1. The molecule has 1 amide bonds. The van der Waals surface area contributed by atoms with Crippen molar-refractivity contribution in [3.63, 3.8) is 0 Å². The Labute approximate surface area is 150 Å². The summed E-state index contributed by atoms with van der Waals surface area (Å²) < 4.78 is 0.473. The molecule has 0 aromatic heterocycles. The highest BCUT2D eigenvalue weighted by Gasteiger charge is 2.33. The van der Waals surface area contributed by atoms with Gasteiger partial charge in [-0.15, -0.1) is 0 Å². The molecule has 5 heteroatoms. The summed E-state index contributed by atoms with van der Waals surface area (Å²) in [6.07, 6.45) is 1.86. The lowest BCUT2D eigenvalue weighted by Gasteiger charge is -2.15. The molecule has 1 aliphatic heterocycles. The number of thioether (sulfide) groups is 1. The van der Waals surface area contributed by atoms with Gasteiger partial charge in [0, 0.05) is 5.56 Å². The van der Waals surface area contributed by atoms with Crippen molar-refractivity contribution in [2.45, 2.75) is 13.8 Å². The van der Waals surface area contributed by atoms with Crippen molar-refractivity contribution in [1.29, 1.82) is 0 Å². The molecule has 120 valence electrons. The number of carbonyl (C=O) groups is 2. The minimum atomic E-state index is -0.158. The van der Waals surface area contributed by atoms with Crippen LogP contribution in [0.4, 0.5) is 5.69 Å². The topological polar surface area (TPSA) is 37.4 Å². The minimum Gasteiger partial charge on any atom is -0.295 e. The van der Waals surface area contributed by atoms with Gasteiger partial charge in [0.15, 0.2) is 10.1 Å². The van der Waals surface area contributed by atoms with E-state index in [4.69, 9.17) is 12.2 Å². The number of benzene rings is 2. The van der Waals surface area contributed by atoms with Gasteiger partial charge in [-0.1, -0.05) is 60.4 Å². The first-order valence-electron chi connectivity index (χ1n) is 7.42. The Hall–Kier alpha value is -2.24. The van der Waals surface area contributed by atoms with Crippen LogP contribution >= 0.6 is 24.0 Å². The molecular formula is C19H15NO2S2. The summed E-state index contributed by atoms with van der Waals surface area (Å²) >= 11 is 6.66. The van der Waals surface area contributed by atoms with Gasteiger partial charge in [-0.05, 0) is 43.2 Å². The predicted octanol–water partition coefficient (Wildman–Crippen LogP) is 4.60. The lowest BCUT2D eigenvalue weighted by Crippen LogP contribution is -2.27. The van der Waals surface area contributed by atoms with Gasteiger partial charge in [0.2, 0.25) is 0 Å². The molecular weight excluding hydrogens is 338 g/mol. The number of hydrogen-bond acceptors (Lipinski definition) is 4. The summed E-state index contributed by atoms with van der Waals surface area (Å²) in [7, 11) is 0. The maximum atomic E-state index is 12.8. The second-order valence-corrected chi connectivity index (χ2v) is 7.16. The first-order chi connectivity index (χ1) is 11.5. The number of amides is 1. The van der Waals surface area contributed by atoms with Gasteiger partial charge < -0.3 is 0 Å². The molecule has 1 fully saturated rings. The van der Waals surface area contributed by atoms with Crippen LogP contribution in [0.2, 0.25) is 0 Å². The highest BCUT2D eigenvalue weighted by Crippen LogP contribution is 2.36. The smallest absolute Gasteiger partial charge is 0.270 e. The van der Waals surface area contributed by atoms with Crippen LogP contribution in [0.15, 0.2) is 53.4 Å². The molecule has 1 aliphatic rings. The quantitative estimate of drug-likeness (QED) is 0.459. The predicted molar refractivity (Wildman–Crippen MR) is 103 cm³/mol. The summed E-state index contributed by atoms with van der Waals surface area (Å²) in [5, 5.41) is 0. The fraction of sp³-hybridized carbons (Fsp3) is 0.105. The number of nitrogens with zero attached hydrogens (tertiary/aromatic N) is 1. The molecule has 0 aliphatic carbocycles. The molecule has 1 saturated heterocycles. The number of carbonyl (C=O) groups excluding carboxylic acids is 2. The summed E-state index contributed by atoms with van der Waals surface area (Å²) in [6.45, 7) is 3.50. The van der Waals surface area contributed by atoms with Crippen LogP contribution < -0.4 is 4.90 Å². The van der Waals surface area contributed by atoms with Crippen molar-refractivity contribution in [3.05, 3.63) is 70.1 Å². The summed E-state index contributed by atoms with van der Waals surface area (Å²) in [6, 6.07) is 14.8. The SMILES string of the molecule is CC(=O)c1cccc(N2C(=O)C(=Cc3ccccc3C)SC2=S)c1. The van der Waals surface area contributed by atoms with Crippen molar-refractivity contribution in [2.24, 2.45) is 0 Å². The van der Waals surface area contributed by atoms with Crippen LogP contribution in [0, 0.1) is 6.92 Å². The zero-order valence-electron chi connectivity index (χ0n) is 13.3. The van der Waals surface area contributed by atoms with Crippen LogP contribution in [0.1, 0.15) is 28.4 Å². The summed E-state index contributed by atoms with van der Waals surface area (Å²) in [5.74, 6) is -0.202. The Morgan fingerprint density at radius 3 is 2.62 bits per heavy atom.